The molecule has 1 N–H and O–H groups in total. The quantitative estimate of drug-likeness (QED) is 0.855. The van der Waals surface area contributed by atoms with E-state index in [0.29, 0.717) is 23.5 Å². The van der Waals surface area contributed by atoms with Gasteiger partial charge in [-0.1, -0.05) is 36.8 Å². The first-order valence-electron chi connectivity index (χ1n) is 8.98. The predicted molar refractivity (Wildman–Crippen MR) is 105 cm³/mol. The van der Waals surface area contributed by atoms with Crippen molar-refractivity contribution in [2.24, 2.45) is 0 Å². The van der Waals surface area contributed by atoms with E-state index in [2.05, 4.69) is 5.32 Å². The highest BCUT2D eigenvalue weighted by atomic mass is 32.2. The van der Waals surface area contributed by atoms with Gasteiger partial charge in [0, 0.05) is 6.54 Å². The minimum atomic E-state index is -3.84. The number of hydrogen-bond acceptors (Lipinski definition) is 4. The van der Waals surface area contributed by atoms with Gasteiger partial charge >= 0.3 is 0 Å². The molecule has 144 valence electrons. The molecule has 0 radical (unpaired) electrons. The summed E-state index contributed by atoms with van der Waals surface area (Å²) < 4.78 is 33.9. The van der Waals surface area contributed by atoms with E-state index in [1.807, 2.05) is 19.9 Å². The number of benzene rings is 2. The molecule has 7 heteroatoms. The van der Waals surface area contributed by atoms with Crippen LogP contribution in [-0.2, 0) is 14.8 Å². The highest BCUT2D eigenvalue weighted by Gasteiger charge is 2.37. The van der Waals surface area contributed by atoms with Crippen molar-refractivity contribution in [3.63, 3.8) is 0 Å². The molecule has 0 saturated heterocycles. The molecule has 0 bridgehead atoms. The number of hydrogen-bond donors (Lipinski definition) is 1. The molecular weight excluding hydrogens is 364 g/mol. The summed E-state index contributed by atoms with van der Waals surface area (Å²) in [4.78, 5) is 12.7. The van der Waals surface area contributed by atoms with Crippen LogP contribution in [0.3, 0.4) is 0 Å². The van der Waals surface area contributed by atoms with Gasteiger partial charge in [-0.2, -0.15) is 0 Å². The lowest BCUT2D eigenvalue weighted by Gasteiger charge is -2.35. The number of anilines is 1. The van der Waals surface area contributed by atoms with Crippen molar-refractivity contribution in [1.82, 2.24) is 5.32 Å². The largest absolute Gasteiger partial charge is 0.476 e. The molecule has 0 aliphatic carbocycles. The Labute approximate surface area is 160 Å². The molecule has 1 aliphatic heterocycles. The average Bonchev–Trinajstić information content (AvgIpc) is 2.64. The average molecular weight is 388 g/mol. The Bertz CT molecular complexity index is 956. The molecule has 0 fully saturated rings. The van der Waals surface area contributed by atoms with Crippen LogP contribution in [0.2, 0.25) is 0 Å². The van der Waals surface area contributed by atoms with Crippen molar-refractivity contribution in [3.05, 3.63) is 53.6 Å². The summed E-state index contributed by atoms with van der Waals surface area (Å²) in [5.74, 6) is 0.0703. The number of sulfonamides is 1. The lowest BCUT2D eigenvalue weighted by Crippen LogP contribution is -2.50. The molecule has 1 atom stereocenters. The fraction of sp³-hybridized carbons (Fsp3) is 0.350. The maximum Gasteiger partial charge on any atom is 0.264 e. The molecule has 2 aromatic carbocycles. The summed E-state index contributed by atoms with van der Waals surface area (Å²) in [6.07, 6.45) is -0.105. The molecule has 2 aromatic rings. The molecule has 0 aromatic heterocycles. The first kappa shape index (κ1) is 19.2. The van der Waals surface area contributed by atoms with Gasteiger partial charge in [-0.05, 0) is 44.0 Å². The zero-order valence-corrected chi connectivity index (χ0v) is 16.5. The zero-order valence-electron chi connectivity index (χ0n) is 15.7. The van der Waals surface area contributed by atoms with Gasteiger partial charge in [-0.3, -0.25) is 9.10 Å². The lowest BCUT2D eigenvalue weighted by molar-refractivity contribution is -0.127. The van der Waals surface area contributed by atoms with Crippen LogP contribution in [0.4, 0.5) is 5.69 Å². The Balaban J connectivity index is 2.03. The van der Waals surface area contributed by atoms with Crippen molar-refractivity contribution in [2.75, 3.05) is 17.4 Å². The van der Waals surface area contributed by atoms with Crippen molar-refractivity contribution in [3.8, 4) is 5.75 Å². The molecule has 1 amide bonds. The van der Waals surface area contributed by atoms with Gasteiger partial charge in [0.05, 0.1) is 17.1 Å². The lowest BCUT2D eigenvalue weighted by atomic mass is 10.2. The van der Waals surface area contributed by atoms with E-state index in [1.54, 1.807) is 43.3 Å². The third-order valence-electron chi connectivity index (χ3n) is 4.47. The maximum atomic E-state index is 13.4. The van der Waals surface area contributed by atoms with E-state index in [9.17, 15) is 13.2 Å². The third kappa shape index (κ3) is 3.78. The first-order valence-corrected chi connectivity index (χ1v) is 10.4. The second-order valence-electron chi connectivity index (χ2n) is 6.67. The van der Waals surface area contributed by atoms with Gasteiger partial charge in [0.1, 0.15) is 5.75 Å². The molecule has 1 aliphatic rings. The van der Waals surface area contributed by atoms with Crippen LogP contribution < -0.4 is 14.4 Å². The Morgan fingerprint density at radius 1 is 1.22 bits per heavy atom. The Hall–Kier alpha value is -2.54. The number of amides is 1. The number of carbonyl (C=O) groups excluding carboxylic acids is 1. The van der Waals surface area contributed by atoms with Crippen molar-refractivity contribution < 1.29 is 17.9 Å². The molecule has 6 nitrogen and oxygen atoms in total. The molecular formula is C20H24N2O4S. The summed E-state index contributed by atoms with van der Waals surface area (Å²) >= 11 is 0. The second-order valence-corrected chi connectivity index (χ2v) is 8.50. The van der Waals surface area contributed by atoms with Gasteiger partial charge in [0.2, 0.25) is 0 Å². The summed E-state index contributed by atoms with van der Waals surface area (Å²) in [6, 6.07) is 12.1. The standard InChI is InChI=1S/C20H24N2O4S/c1-4-11-21-20(23)18-13-22(16-7-5-6-8-17(16)26-18)27(24,25)19-10-9-14(2)12-15(19)3/h5-10,12,18H,4,11,13H2,1-3H3,(H,21,23). The van der Waals surface area contributed by atoms with Crippen LogP contribution in [0.15, 0.2) is 47.4 Å². The van der Waals surface area contributed by atoms with Crippen LogP contribution in [0.1, 0.15) is 24.5 Å². The number of aryl methyl sites for hydroxylation is 2. The molecule has 27 heavy (non-hydrogen) atoms. The highest BCUT2D eigenvalue weighted by molar-refractivity contribution is 7.92. The molecule has 0 spiro atoms. The van der Waals surface area contributed by atoms with Crippen LogP contribution in [0.5, 0.6) is 5.75 Å². The SMILES string of the molecule is CCCNC(=O)C1CN(S(=O)(=O)c2ccc(C)cc2C)c2ccccc2O1. The Morgan fingerprint density at radius 2 is 1.96 bits per heavy atom. The van der Waals surface area contributed by atoms with Gasteiger partial charge < -0.3 is 10.1 Å². The monoisotopic (exact) mass is 388 g/mol. The second kappa shape index (κ2) is 7.60. The molecule has 3 rings (SSSR count). The van der Waals surface area contributed by atoms with Gasteiger partial charge in [0.25, 0.3) is 15.9 Å². The third-order valence-corrected chi connectivity index (χ3v) is 6.41. The minimum Gasteiger partial charge on any atom is -0.476 e. The maximum absolute atomic E-state index is 13.4. The number of para-hydroxylation sites is 2. The topological polar surface area (TPSA) is 75.7 Å². The zero-order chi connectivity index (χ0) is 19.6. The fourth-order valence-corrected chi connectivity index (χ4v) is 4.82. The smallest absolute Gasteiger partial charge is 0.264 e. The highest BCUT2D eigenvalue weighted by Crippen LogP contribution is 2.37. The number of nitrogens with one attached hydrogen (secondary N) is 1. The van der Waals surface area contributed by atoms with E-state index in [0.717, 1.165) is 12.0 Å². The Morgan fingerprint density at radius 3 is 2.67 bits per heavy atom. The number of ether oxygens (including phenoxy) is 1. The van der Waals surface area contributed by atoms with Crippen molar-refractivity contribution in [2.45, 2.75) is 38.2 Å². The molecule has 1 unspecified atom stereocenters. The van der Waals surface area contributed by atoms with E-state index >= 15 is 0 Å². The number of carbonyl (C=O) groups is 1. The van der Waals surface area contributed by atoms with E-state index in [1.165, 1.54) is 4.31 Å². The molecule has 0 saturated carbocycles. The van der Waals surface area contributed by atoms with Crippen LogP contribution in [-0.4, -0.2) is 33.5 Å². The minimum absolute atomic E-state index is 0.0673. The number of rotatable bonds is 5. The van der Waals surface area contributed by atoms with Crippen LogP contribution >= 0.6 is 0 Å². The van der Waals surface area contributed by atoms with Crippen molar-refractivity contribution >= 4 is 21.6 Å². The summed E-state index contributed by atoms with van der Waals surface area (Å²) in [5.41, 5.74) is 2.11. The van der Waals surface area contributed by atoms with Gasteiger partial charge in [-0.15, -0.1) is 0 Å². The number of fused-ring (bicyclic) bond motifs is 1. The normalized spacial score (nSPS) is 16.4. The summed E-state index contributed by atoms with van der Waals surface area (Å²) in [6.45, 7) is 6.10. The fourth-order valence-electron chi connectivity index (χ4n) is 3.14. The summed E-state index contributed by atoms with van der Waals surface area (Å²) in [7, 11) is -3.84. The molecule has 1 heterocycles. The summed E-state index contributed by atoms with van der Waals surface area (Å²) in [5, 5.41) is 2.78. The van der Waals surface area contributed by atoms with E-state index < -0.39 is 16.1 Å². The predicted octanol–water partition coefficient (Wildman–Crippen LogP) is 2.79. The Kier molecular flexibility index (Phi) is 5.41. The number of nitrogens with zero attached hydrogens (tertiary/aromatic N) is 1. The van der Waals surface area contributed by atoms with Gasteiger partial charge in [0.15, 0.2) is 6.10 Å². The van der Waals surface area contributed by atoms with E-state index in [-0.39, 0.29) is 17.3 Å². The van der Waals surface area contributed by atoms with Crippen LogP contribution in [0, 0.1) is 13.8 Å². The van der Waals surface area contributed by atoms with Crippen molar-refractivity contribution in [1.29, 1.82) is 0 Å². The first-order chi connectivity index (χ1) is 12.8. The van der Waals surface area contributed by atoms with Gasteiger partial charge in [-0.25, -0.2) is 8.42 Å². The van der Waals surface area contributed by atoms with Crippen LogP contribution in [0.25, 0.3) is 0 Å². The van der Waals surface area contributed by atoms with E-state index in [4.69, 9.17) is 4.74 Å².